The quantitative estimate of drug-likeness (QED) is 0.0645. The highest BCUT2D eigenvalue weighted by Gasteiger charge is 2.07. The van der Waals surface area contributed by atoms with Gasteiger partial charge in [-0.1, -0.05) is 258 Å². The first-order valence-electron chi connectivity index (χ1n) is 20.3. The first-order valence-corrected chi connectivity index (χ1v) is 20.3. The largest absolute Gasteiger partial charge is 0.0654 e. The molecule has 0 saturated heterocycles. The van der Waals surface area contributed by atoms with E-state index in [-0.39, 0.29) is 0 Å². The van der Waals surface area contributed by atoms with E-state index in [0.717, 1.165) is 5.92 Å². The minimum Gasteiger partial charge on any atom is -0.0654 e. The van der Waals surface area contributed by atoms with Crippen molar-refractivity contribution < 1.29 is 0 Å². The fraction of sp³-hybridized carbons (Fsp3) is 1.00. The lowest BCUT2D eigenvalue weighted by molar-refractivity contribution is 0.376. The van der Waals surface area contributed by atoms with Gasteiger partial charge < -0.3 is 0 Å². The van der Waals surface area contributed by atoms with Gasteiger partial charge in [0.25, 0.3) is 0 Å². The third-order valence-electron chi connectivity index (χ3n) is 9.88. The van der Waals surface area contributed by atoms with Crippen molar-refractivity contribution in [3.05, 3.63) is 0 Å². The average molecular weight is 577 g/mol. The number of hydrogen-bond acceptors (Lipinski definition) is 0. The summed E-state index contributed by atoms with van der Waals surface area (Å²) in [5.74, 6) is 1.03. The van der Waals surface area contributed by atoms with Crippen LogP contribution in [0.3, 0.4) is 0 Å². The number of hydrogen-bond donors (Lipinski definition) is 0. The molecule has 0 spiro atoms. The van der Waals surface area contributed by atoms with Crippen LogP contribution in [0.15, 0.2) is 0 Å². The van der Waals surface area contributed by atoms with Crippen molar-refractivity contribution in [2.45, 2.75) is 258 Å². The lowest BCUT2D eigenvalue weighted by Gasteiger charge is -2.16. The minimum atomic E-state index is 1.03. The van der Waals surface area contributed by atoms with E-state index in [1.165, 1.54) is 238 Å². The summed E-state index contributed by atoms with van der Waals surface area (Å²) >= 11 is 0. The van der Waals surface area contributed by atoms with E-state index in [4.69, 9.17) is 0 Å². The third kappa shape index (κ3) is 36.1. The molecule has 0 aromatic rings. The van der Waals surface area contributed by atoms with Crippen LogP contribution in [-0.4, -0.2) is 0 Å². The molecule has 1 atom stereocenters. The van der Waals surface area contributed by atoms with Gasteiger partial charge in [0.05, 0.1) is 0 Å². The fourth-order valence-electron chi connectivity index (χ4n) is 6.98. The third-order valence-corrected chi connectivity index (χ3v) is 9.88. The predicted molar refractivity (Wildman–Crippen MR) is 191 cm³/mol. The Hall–Kier alpha value is 0. The van der Waals surface area contributed by atoms with E-state index in [1.807, 2.05) is 0 Å². The maximum atomic E-state index is 2.40. The van der Waals surface area contributed by atoms with Crippen molar-refractivity contribution in [3.8, 4) is 0 Å². The summed E-state index contributed by atoms with van der Waals surface area (Å²) in [5.41, 5.74) is 0. The van der Waals surface area contributed by atoms with Gasteiger partial charge in [-0.15, -0.1) is 0 Å². The van der Waals surface area contributed by atoms with Crippen LogP contribution < -0.4 is 0 Å². The van der Waals surface area contributed by atoms with Crippen LogP contribution in [0.5, 0.6) is 0 Å². The zero-order chi connectivity index (χ0) is 29.7. The van der Waals surface area contributed by atoms with Crippen molar-refractivity contribution in [2.75, 3.05) is 0 Å². The van der Waals surface area contributed by atoms with Gasteiger partial charge in [-0.2, -0.15) is 0 Å². The molecule has 0 aliphatic rings. The summed E-state index contributed by atoms with van der Waals surface area (Å²) in [7, 11) is 0. The molecule has 0 amide bonds. The van der Waals surface area contributed by atoms with E-state index < -0.39 is 0 Å². The van der Waals surface area contributed by atoms with Crippen LogP contribution in [-0.2, 0) is 0 Å². The highest BCUT2D eigenvalue weighted by molar-refractivity contribution is 4.61. The van der Waals surface area contributed by atoms with E-state index in [0.29, 0.717) is 0 Å². The lowest BCUT2D eigenvalue weighted by Crippen LogP contribution is -2.00. The standard InChI is InChI=1S/C41H84/c1-4-7-9-11-13-15-17-19-21-23-25-27-29-31-33-35-37-40-41(38-6-3)39-36-34-32-30-28-26-24-22-20-18-16-14-12-10-8-5-2/h41H,4-40H2,1-3H3. The fourth-order valence-corrected chi connectivity index (χ4v) is 6.98. The summed E-state index contributed by atoms with van der Waals surface area (Å²) in [4.78, 5) is 0. The Balaban J connectivity index is 3.35. The Bertz CT molecular complexity index is 426. The molecule has 0 rings (SSSR count). The van der Waals surface area contributed by atoms with Crippen molar-refractivity contribution in [1.82, 2.24) is 0 Å². The lowest BCUT2D eigenvalue weighted by atomic mass is 9.90. The number of rotatable bonds is 37. The summed E-state index contributed by atoms with van der Waals surface area (Å²) in [6.45, 7) is 7.02. The monoisotopic (exact) mass is 577 g/mol. The molecule has 0 N–H and O–H groups in total. The van der Waals surface area contributed by atoms with Crippen LogP contribution in [0.2, 0.25) is 0 Å². The summed E-state index contributed by atoms with van der Waals surface area (Å²) in [6.07, 6.45) is 54.8. The van der Waals surface area contributed by atoms with Crippen molar-refractivity contribution >= 4 is 0 Å². The first-order chi connectivity index (χ1) is 20.3. The Morgan fingerprint density at radius 2 is 0.390 bits per heavy atom. The molecular weight excluding hydrogens is 492 g/mol. The summed E-state index contributed by atoms with van der Waals surface area (Å²) in [6, 6.07) is 0. The molecule has 0 aromatic heterocycles. The van der Waals surface area contributed by atoms with Crippen LogP contribution in [0.1, 0.15) is 258 Å². The van der Waals surface area contributed by atoms with E-state index in [1.54, 1.807) is 0 Å². The summed E-state index contributed by atoms with van der Waals surface area (Å²) in [5, 5.41) is 0. The molecule has 0 aliphatic heterocycles. The van der Waals surface area contributed by atoms with Gasteiger partial charge in [0.1, 0.15) is 0 Å². The Labute approximate surface area is 263 Å². The second kappa shape index (κ2) is 38.0. The van der Waals surface area contributed by atoms with Gasteiger partial charge in [-0.05, 0) is 5.92 Å². The zero-order valence-corrected chi connectivity index (χ0v) is 29.7. The second-order valence-electron chi connectivity index (χ2n) is 14.2. The van der Waals surface area contributed by atoms with Gasteiger partial charge >= 0.3 is 0 Å². The molecule has 41 heavy (non-hydrogen) atoms. The van der Waals surface area contributed by atoms with Crippen molar-refractivity contribution in [1.29, 1.82) is 0 Å². The Morgan fingerprint density at radius 3 is 0.585 bits per heavy atom. The Morgan fingerprint density at radius 1 is 0.195 bits per heavy atom. The van der Waals surface area contributed by atoms with Gasteiger partial charge in [0, 0.05) is 0 Å². The number of unbranched alkanes of at least 4 members (excludes halogenated alkanes) is 31. The molecule has 0 radical (unpaired) electrons. The van der Waals surface area contributed by atoms with E-state index in [2.05, 4.69) is 20.8 Å². The molecule has 0 saturated carbocycles. The van der Waals surface area contributed by atoms with Gasteiger partial charge in [0.15, 0.2) is 0 Å². The van der Waals surface area contributed by atoms with Crippen LogP contribution in [0.4, 0.5) is 0 Å². The first kappa shape index (κ1) is 41.0. The summed E-state index contributed by atoms with van der Waals surface area (Å²) < 4.78 is 0. The molecule has 248 valence electrons. The maximum Gasteiger partial charge on any atom is -0.0414 e. The highest BCUT2D eigenvalue weighted by Crippen LogP contribution is 2.23. The van der Waals surface area contributed by atoms with E-state index >= 15 is 0 Å². The predicted octanol–water partition coefficient (Wildman–Crippen LogP) is 16.1. The smallest absolute Gasteiger partial charge is 0.0414 e. The minimum absolute atomic E-state index is 1.03. The molecular formula is C41H84. The second-order valence-corrected chi connectivity index (χ2v) is 14.2. The van der Waals surface area contributed by atoms with Gasteiger partial charge in [-0.25, -0.2) is 0 Å². The average Bonchev–Trinajstić information content (AvgIpc) is 2.98. The molecule has 0 heteroatoms. The highest BCUT2D eigenvalue weighted by atomic mass is 14.1. The van der Waals surface area contributed by atoms with Crippen LogP contribution in [0, 0.1) is 5.92 Å². The molecule has 0 fully saturated rings. The molecule has 0 bridgehead atoms. The molecule has 0 aliphatic carbocycles. The van der Waals surface area contributed by atoms with Crippen molar-refractivity contribution in [3.63, 3.8) is 0 Å². The van der Waals surface area contributed by atoms with Crippen LogP contribution in [0.25, 0.3) is 0 Å². The molecule has 0 nitrogen and oxygen atoms in total. The molecule has 0 aromatic carbocycles. The van der Waals surface area contributed by atoms with E-state index in [9.17, 15) is 0 Å². The molecule has 0 heterocycles. The maximum absolute atomic E-state index is 2.40. The SMILES string of the molecule is CCCCCCCCCCCCCCCCCCCC(CCC)CCCCCCCCCCCCCCCCCC. The van der Waals surface area contributed by atoms with Gasteiger partial charge in [-0.3, -0.25) is 0 Å². The topological polar surface area (TPSA) is 0 Å². The normalized spacial score (nSPS) is 12.4. The zero-order valence-electron chi connectivity index (χ0n) is 29.7. The Kier molecular flexibility index (Phi) is 38.0. The molecule has 1 unspecified atom stereocenters. The van der Waals surface area contributed by atoms with Crippen LogP contribution >= 0.6 is 0 Å². The van der Waals surface area contributed by atoms with Gasteiger partial charge in [0.2, 0.25) is 0 Å². The van der Waals surface area contributed by atoms with Crippen molar-refractivity contribution in [2.24, 2.45) is 5.92 Å².